The van der Waals surface area contributed by atoms with Crippen molar-refractivity contribution in [2.24, 2.45) is 0 Å². The Morgan fingerprint density at radius 3 is 2.54 bits per heavy atom. The van der Waals surface area contributed by atoms with Crippen molar-refractivity contribution in [1.29, 1.82) is 5.26 Å². The molecule has 0 fully saturated rings. The van der Waals surface area contributed by atoms with Gasteiger partial charge < -0.3 is 18.9 Å². The molecule has 0 spiro atoms. The number of nitrogens with zero attached hydrogens (tertiary/aromatic N) is 3. The van der Waals surface area contributed by atoms with Crippen LogP contribution in [0.5, 0.6) is 23.0 Å². The Labute approximate surface area is 224 Å². The van der Waals surface area contributed by atoms with Gasteiger partial charge in [0, 0.05) is 6.42 Å². The Hall–Kier alpha value is -3.81. The third-order valence-electron chi connectivity index (χ3n) is 5.02. The summed E-state index contributed by atoms with van der Waals surface area (Å²) in [7, 11) is 3.04. The molecule has 0 aliphatic carbocycles. The van der Waals surface area contributed by atoms with Crippen LogP contribution in [-0.2, 0) is 11.2 Å². The van der Waals surface area contributed by atoms with Gasteiger partial charge in [-0.1, -0.05) is 48.4 Å². The fourth-order valence-electron chi connectivity index (χ4n) is 3.21. The summed E-state index contributed by atoms with van der Waals surface area (Å²) in [6.07, 6.45) is 4.24. The Kier molecular flexibility index (Phi) is 10.6. The number of methoxy groups -OCH3 is 2. The fourth-order valence-corrected chi connectivity index (χ4v) is 4.26. The van der Waals surface area contributed by atoms with Gasteiger partial charge in [0.1, 0.15) is 29.9 Å². The van der Waals surface area contributed by atoms with E-state index in [4.69, 9.17) is 30.5 Å². The normalized spacial score (nSPS) is 10.9. The predicted octanol–water partition coefficient (Wildman–Crippen LogP) is 5.55. The molecule has 0 bridgehead atoms. The van der Waals surface area contributed by atoms with Crippen molar-refractivity contribution < 1.29 is 23.7 Å². The van der Waals surface area contributed by atoms with E-state index in [9.17, 15) is 10.1 Å². The molecule has 0 unspecified atom stereocenters. The first-order chi connectivity index (χ1) is 18.0. The first-order valence-corrected chi connectivity index (χ1v) is 12.7. The van der Waals surface area contributed by atoms with Gasteiger partial charge in [-0.05, 0) is 42.3 Å². The maximum Gasteiger partial charge on any atom is 0.268 e. The summed E-state index contributed by atoms with van der Waals surface area (Å²) in [4.78, 5) is 12.6. The van der Waals surface area contributed by atoms with Gasteiger partial charge >= 0.3 is 0 Å². The van der Waals surface area contributed by atoms with Crippen LogP contribution in [0.1, 0.15) is 30.3 Å². The topological polar surface area (TPSA) is 116 Å². The number of rotatable bonds is 13. The van der Waals surface area contributed by atoms with Crippen LogP contribution >= 0.6 is 22.9 Å². The highest BCUT2D eigenvalue weighted by atomic mass is 35.5. The molecule has 0 saturated heterocycles. The number of hydrogen-bond donors (Lipinski definition) is 1. The summed E-state index contributed by atoms with van der Waals surface area (Å²) in [5, 5.41) is 21.7. The first-order valence-electron chi connectivity index (χ1n) is 11.5. The van der Waals surface area contributed by atoms with E-state index in [1.165, 1.54) is 24.5 Å². The average molecular weight is 543 g/mol. The molecule has 1 heterocycles. The number of amides is 1. The number of para-hydroxylation sites is 2. The lowest BCUT2D eigenvalue weighted by atomic mass is 10.1. The summed E-state index contributed by atoms with van der Waals surface area (Å²) in [5.74, 6) is 1.29. The van der Waals surface area contributed by atoms with Crippen LogP contribution in [0, 0.1) is 11.3 Å². The van der Waals surface area contributed by atoms with Crippen molar-refractivity contribution in [3.05, 3.63) is 57.6 Å². The van der Waals surface area contributed by atoms with Crippen LogP contribution in [0.3, 0.4) is 0 Å². The Bertz CT molecular complexity index is 1290. The highest BCUT2D eigenvalue weighted by molar-refractivity contribution is 7.15. The number of unbranched alkanes of at least 4 members (excludes halogenated alkanes) is 1. The van der Waals surface area contributed by atoms with Gasteiger partial charge in [-0.3, -0.25) is 10.1 Å². The number of ether oxygens (including phenoxy) is 4. The molecule has 0 atom stereocenters. The number of carbonyl (C=O) groups excluding carboxylic acids is 1. The molecular formula is C26H27ClN4O5S. The van der Waals surface area contributed by atoms with Crippen molar-refractivity contribution in [1.82, 2.24) is 10.2 Å². The van der Waals surface area contributed by atoms with E-state index in [0.717, 1.165) is 24.3 Å². The van der Waals surface area contributed by atoms with Crippen LogP contribution in [0.15, 0.2) is 42.0 Å². The summed E-state index contributed by atoms with van der Waals surface area (Å²) in [6.45, 7) is 2.52. The van der Waals surface area contributed by atoms with E-state index >= 15 is 0 Å². The lowest BCUT2D eigenvalue weighted by molar-refractivity contribution is -0.112. The second kappa shape index (κ2) is 14.1. The molecule has 2 aromatic carbocycles. The quantitative estimate of drug-likeness (QED) is 0.170. The second-order valence-corrected chi connectivity index (χ2v) is 9.08. The first kappa shape index (κ1) is 27.8. The van der Waals surface area contributed by atoms with Crippen LogP contribution in [-0.4, -0.2) is 43.5 Å². The van der Waals surface area contributed by atoms with Crippen LogP contribution in [0.2, 0.25) is 5.02 Å². The number of halogens is 1. The minimum absolute atomic E-state index is 0.123. The number of anilines is 1. The number of aryl methyl sites for hydroxylation is 1. The molecule has 194 valence electrons. The van der Waals surface area contributed by atoms with E-state index in [0.29, 0.717) is 33.7 Å². The molecule has 1 aromatic heterocycles. The minimum atomic E-state index is -0.593. The van der Waals surface area contributed by atoms with Crippen molar-refractivity contribution in [3.63, 3.8) is 0 Å². The maximum absolute atomic E-state index is 12.6. The summed E-state index contributed by atoms with van der Waals surface area (Å²) >= 11 is 7.73. The van der Waals surface area contributed by atoms with Crippen molar-refractivity contribution in [2.75, 3.05) is 32.8 Å². The summed E-state index contributed by atoms with van der Waals surface area (Å²) in [5.41, 5.74) is 0.370. The standard InChI is InChI=1S/C26H27ClN4O5S/c1-4-5-10-23-30-31-26(37-23)29-25(32)18(16-28)13-17-14-19(27)24(22(15-17)34-3)36-12-11-35-21-9-7-6-8-20(21)33-2/h6-9,13-15H,4-5,10-12H2,1-3H3,(H,29,31,32). The molecule has 3 rings (SSSR count). The zero-order chi connectivity index (χ0) is 26.6. The van der Waals surface area contributed by atoms with Crippen molar-refractivity contribution in [2.45, 2.75) is 26.2 Å². The summed E-state index contributed by atoms with van der Waals surface area (Å²) < 4.78 is 22.2. The fraction of sp³-hybridized carbons (Fsp3) is 0.308. The lowest BCUT2D eigenvalue weighted by Gasteiger charge is -2.14. The Balaban J connectivity index is 1.66. The number of hydrogen-bond acceptors (Lipinski definition) is 9. The third kappa shape index (κ3) is 7.84. The smallest absolute Gasteiger partial charge is 0.268 e. The average Bonchev–Trinajstić information content (AvgIpc) is 3.36. The number of aromatic nitrogens is 2. The molecule has 1 amide bonds. The molecule has 37 heavy (non-hydrogen) atoms. The molecule has 1 N–H and O–H groups in total. The molecule has 11 heteroatoms. The zero-order valence-corrected chi connectivity index (χ0v) is 22.3. The molecule has 0 aliphatic heterocycles. The Morgan fingerprint density at radius 2 is 1.84 bits per heavy atom. The predicted molar refractivity (Wildman–Crippen MR) is 143 cm³/mol. The highest BCUT2D eigenvalue weighted by Gasteiger charge is 2.16. The lowest BCUT2D eigenvalue weighted by Crippen LogP contribution is -2.13. The number of benzene rings is 2. The van der Waals surface area contributed by atoms with E-state index in [1.54, 1.807) is 31.4 Å². The molecule has 0 aliphatic rings. The van der Waals surface area contributed by atoms with E-state index < -0.39 is 5.91 Å². The minimum Gasteiger partial charge on any atom is -0.493 e. The van der Waals surface area contributed by atoms with Crippen molar-refractivity contribution in [3.8, 4) is 29.1 Å². The molecule has 9 nitrogen and oxygen atoms in total. The largest absolute Gasteiger partial charge is 0.493 e. The second-order valence-electron chi connectivity index (χ2n) is 7.61. The van der Waals surface area contributed by atoms with Gasteiger partial charge in [0.2, 0.25) is 5.13 Å². The SMILES string of the molecule is CCCCc1nnc(NC(=O)C(C#N)=Cc2cc(Cl)c(OCCOc3ccccc3OC)c(OC)c2)s1. The summed E-state index contributed by atoms with van der Waals surface area (Å²) in [6, 6.07) is 12.4. The monoisotopic (exact) mass is 542 g/mol. The Morgan fingerprint density at radius 1 is 1.11 bits per heavy atom. The van der Waals surface area contributed by atoms with Gasteiger partial charge in [0.25, 0.3) is 5.91 Å². The van der Waals surface area contributed by atoms with Gasteiger partial charge in [-0.2, -0.15) is 5.26 Å². The maximum atomic E-state index is 12.6. The van der Waals surface area contributed by atoms with Crippen LogP contribution in [0.25, 0.3) is 6.08 Å². The highest BCUT2D eigenvalue weighted by Crippen LogP contribution is 2.37. The van der Waals surface area contributed by atoms with Gasteiger partial charge in [-0.15, -0.1) is 10.2 Å². The number of nitrogens with one attached hydrogen (secondary N) is 1. The van der Waals surface area contributed by atoms with Gasteiger partial charge in [0.15, 0.2) is 23.0 Å². The number of nitriles is 1. The van der Waals surface area contributed by atoms with Gasteiger partial charge in [0.05, 0.1) is 19.2 Å². The van der Waals surface area contributed by atoms with Crippen LogP contribution < -0.4 is 24.3 Å². The van der Waals surface area contributed by atoms with E-state index in [1.807, 2.05) is 18.2 Å². The molecule has 0 saturated carbocycles. The zero-order valence-electron chi connectivity index (χ0n) is 20.7. The van der Waals surface area contributed by atoms with Crippen LogP contribution in [0.4, 0.5) is 5.13 Å². The van der Waals surface area contributed by atoms with E-state index in [2.05, 4.69) is 22.4 Å². The van der Waals surface area contributed by atoms with Gasteiger partial charge in [-0.25, -0.2) is 0 Å². The van der Waals surface area contributed by atoms with E-state index in [-0.39, 0.29) is 23.8 Å². The third-order valence-corrected chi connectivity index (χ3v) is 6.19. The molecule has 0 radical (unpaired) electrons. The molecular weight excluding hydrogens is 516 g/mol. The van der Waals surface area contributed by atoms with Crippen molar-refractivity contribution >= 4 is 40.1 Å². The molecule has 3 aromatic rings. The number of carbonyl (C=O) groups is 1.